The van der Waals surface area contributed by atoms with Crippen LogP contribution in [0, 0.1) is 0 Å². The fourth-order valence-electron chi connectivity index (χ4n) is 10.6. The van der Waals surface area contributed by atoms with E-state index >= 15 is 0 Å². The summed E-state index contributed by atoms with van der Waals surface area (Å²) in [4.78, 5) is 178. The highest BCUT2D eigenvalue weighted by Gasteiger charge is 2.28. The smallest absolute Gasteiger partial charge is 0.336 e. The first kappa shape index (κ1) is 74.6. The first-order valence-electron chi connectivity index (χ1n) is 32.9. The van der Waals surface area contributed by atoms with E-state index in [1.54, 1.807) is 0 Å². The molecule has 538 valence electrons. The molecule has 37 nitrogen and oxygen atoms in total. The van der Waals surface area contributed by atoms with Crippen LogP contribution in [0.2, 0.25) is 0 Å². The molecule has 5 aromatic heterocycles. The lowest BCUT2D eigenvalue weighted by molar-refractivity contribution is 0.371. The molecular formula is C60H91N15O22. The molecule has 7 aliphatic rings. The lowest BCUT2D eigenvalue weighted by Gasteiger charge is -2.11. The number of unbranched alkanes of at least 4 members (excludes halogenated alkanes) is 3. The molecule has 0 radical (unpaired) electrons. The number of hydrogen-bond acceptors (Lipinski definition) is 22. The van der Waals surface area contributed by atoms with Gasteiger partial charge in [-0.05, 0) is 103 Å². The topological polar surface area (TPSA) is 418 Å². The number of aromatic nitrogens is 15. The van der Waals surface area contributed by atoms with Gasteiger partial charge in [-0.1, -0.05) is 0 Å². The summed E-state index contributed by atoms with van der Waals surface area (Å²) in [5.74, 6) is 0. The van der Waals surface area contributed by atoms with E-state index in [9.17, 15) is 71.9 Å². The molecule has 0 spiro atoms. The summed E-state index contributed by atoms with van der Waals surface area (Å²) in [7, 11) is 11.0. The molecule has 7 unspecified atom stereocenters. The fourth-order valence-corrected chi connectivity index (χ4v) is 10.6. The highest BCUT2D eigenvalue weighted by atomic mass is 16.6. The van der Waals surface area contributed by atoms with Crippen molar-refractivity contribution in [1.82, 2.24) is 68.5 Å². The maximum atomic E-state index is 12.5. The Balaban J connectivity index is 0.000000156. The van der Waals surface area contributed by atoms with E-state index in [0.29, 0.717) is 89.9 Å². The number of ether oxygens (including phenoxy) is 7. The molecule has 7 atom stereocenters. The highest BCUT2D eigenvalue weighted by Crippen LogP contribution is 2.20. The van der Waals surface area contributed by atoms with E-state index in [-0.39, 0.29) is 31.0 Å². The quantitative estimate of drug-likeness (QED) is 0.0305. The van der Waals surface area contributed by atoms with Crippen molar-refractivity contribution >= 4 is 0 Å². The Labute approximate surface area is 551 Å². The van der Waals surface area contributed by atoms with Gasteiger partial charge in [-0.2, -0.15) is 0 Å². The summed E-state index contributed by atoms with van der Waals surface area (Å²) in [6.07, 6.45) is 15.0. The van der Waals surface area contributed by atoms with Crippen molar-refractivity contribution in [2.45, 2.75) is 191 Å². The van der Waals surface area contributed by atoms with Crippen LogP contribution in [0.15, 0.2) is 71.9 Å². The summed E-state index contributed by atoms with van der Waals surface area (Å²) in [6.45, 7) is 7.68. The van der Waals surface area contributed by atoms with Crippen molar-refractivity contribution in [3.63, 3.8) is 0 Å². The van der Waals surface area contributed by atoms with Gasteiger partial charge >= 0.3 is 85.3 Å². The van der Waals surface area contributed by atoms with Gasteiger partial charge in [-0.15, -0.1) is 0 Å². The maximum absolute atomic E-state index is 12.5. The molecule has 0 saturated carbocycles. The molecule has 0 N–H and O–H groups in total. The van der Waals surface area contributed by atoms with Crippen LogP contribution in [0.25, 0.3) is 0 Å². The van der Waals surface area contributed by atoms with Gasteiger partial charge in [0.2, 0.25) is 0 Å². The third kappa shape index (κ3) is 20.7. The molecule has 5 aromatic rings. The lowest BCUT2D eigenvalue weighted by atomic mass is 10.2. The van der Waals surface area contributed by atoms with E-state index in [1.807, 2.05) is 0 Å². The van der Waals surface area contributed by atoms with Crippen molar-refractivity contribution in [2.24, 2.45) is 56.4 Å². The molecule has 0 amide bonds. The van der Waals surface area contributed by atoms with Crippen molar-refractivity contribution in [1.29, 1.82) is 0 Å². The van der Waals surface area contributed by atoms with Crippen LogP contribution in [-0.4, -0.2) is 157 Å². The first-order valence-corrected chi connectivity index (χ1v) is 32.9. The Hall–Kier alpha value is -8.23. The van der Waals surface area contributed by atoms with E-state index in [1.165, 1.54) is 65.5 Å². The minimum absolute atomic E-state index is 0.147. The second-order valence-electron chi connectivity index (χ2n) is 25.2. The van der Waals surface area contributed by atoms with Crippen LogP contribution in [0.1, 0.15) is 103 Å². The predicted molar refractivity (Wildman–Crippen MR) is 346 cm³/mol. The summed E-state index contributed by atoms with van der Waals surface area (Å²) in [6, 6.07) is 0. The van der Waals surface area contributed by atoms with E-state index in [4.69, 9.17) is 33.2 Å². The van der Waals surface area contributed by atoms with Crippen LogP contribution in [-0.2, 0) is 135 Å². The molecule has 97 heavy (non-hydrogen) atoms. The largest absolute Gasteiger partial charge is 0.373 e. The lowest BCUT2D eigenvalue weighted by Crippen LogP contribution is -2.53. The second kappa shape index (κ2) is 33.8. The SMILES string of the molecule is Cn1c(=O)n(C)c(=O)n(CCC2CO2)c1=O.Cn1c(=O)n(C)c(=O)n(CCCC2CO2)c1=O.Cn1c(=O)n(C)c(=O)n(CCCCC2CO2)c1=O.Cn1c(=O)n(CCCC2CO2)c(=O)n(CCCC2CO2)c1=O.Cn1c(=O)n(CCCCC2CO2)c(=O)n(CCCCC2CO2)c1=O. The average molecular weight is 1370 g/mol. The van der Waals surface area contributed by atoms with Crippen molar-refractivity contribution in [3.8, 4) is 0 Å². The van der Waals surface area contributed by atoms with Crippen molar-refractivity contribution in [2.75, 3.05) is 46.2 Å². The van der Waals surface area contributed by atoms with Gasteiger partial charge in [0.25, 0.3) is 0 Å². The van der Waals surface area contributed by atoms with Crippen LogP contribution in [0.4, 0.5) is 0 Å². The molecule has 7 saturated heterocycles. The summed E-state index contributed by atoms with van der Waals surface area (Å²) < 4.78 is 51.2. The zero-order chi connectivity index (χ0) is 70.5. The number of epoxide rings is 7. The molecule has 37 heteroatoms. The summed E-state index contributed by atoms with van der Waals surface area (Å²) >= 11 is 0. The normalized spacial score (nSPS) is 20.2. The van der Waals surface area contributed by atoms with Gasteiger partial charge in [-0.3, -0.25) is 0 Å². The monoisotopic (exact) mass is 1370 g/mol. The molecule has 12 rings (SSSR count). The van der Waals surface area contributed by atoms with Gasteiger partial charge in [0.1, 0.15) is 0 Å². The van der Waals surface area contributed by atoms with Crippen molar-refractivity contribution in [3.05, 3.63) is 157 Å². The Kier molecular flexibility index (Phi) is 26.0. The number of nitrogens with zero attached hydrogens (tertiary/aromatic N) is 15. The van der Waals surface area contributed by atoms with Gasteiger partial charge < -0.3 is 33.2 Å². The minimum atomic E-state index is -0.603. The number of rotatable bonds is 30. The van der Waals surface area contributed by atoms with Crippen molar-refractivity contribution < 1.29 is 33.2 Å². The minimum Gasteiger partial charge on any atom is -0.373 e. The second-order valence-corrected chi connectivity index (χ2v) is 25.2. The fraction of sp³-hybridized carbons (Fsp3) is 0.750. The Morgan fingerprint density at radius 2 is 0.340 bits per heavy atom. The average Bonchev–Trinajstić information content (AvgIpc) is 1.82. The summed E-state index contributed by atoms with van der Waals surface area (Å²) in [5, 5.41) is 0. The molecule has 0 bridgehead atoms. The Bertz CT molecular complexity index is 4320. The maximum Gasteiger partial charge on any atom is 0.336 e. The molecule has 0 aromatic carbocycles. The van der Waals surface area contributed by atoms with Gasteiger partial charge in [0.05, 0.1) is 89.0 Å². The Morgan fingerprint density at radius 3 is 0.536 bits per heavy atom. The Morgan fingerprint density at radius 1 is 0.196 bits per heavy atom. The zero-order valence-corrected chi connectivity index (χ0v) is 56.4. The van der Waals surface area contributed by atoms with E-state index < -0.39 is 85.3 Å². The van der Waals surface area contributed by atoms with Crippen LogP contribution in [0.3, 0.4) is 0 Å². The van der Waals surface area contributed by atoms with Crippen LogP contribution in [0.5, 0.6) is 0 Å². The molecule has 7 aliphatic heterocycles. The molecule has 0 aliphatic carbocycles. The van der Waals surface area contributed by atoms with Gasteiger partial charge in [0.15, 0.2) is 0 Å². The zero-order valence-electron chi connectivity index (χ0n) is 56.4. The molecule has 7 fully saturated rings. The third-order valence-corrected chi connectivity index (χ3v) is 17.5. The van der Waals surface area contributed by atoms with E-state index in [2.05, 4.69) is 0 Å². The summed E-state index contributed by atoms with van der Waals surface area (Å²) in [5.41, 5.74) is -8.32. The third-order valence-electron chi connectivity index (χ3n) is 17.5. The number of hydrogen-bond donors (Lipinski definition) is 0. The van der Waals surface area contributed by atoms with E-state index in [0.717, 1.165) is 176 Å². The van der Waals surface area contributed by atoms with Crippen LogP contribution < -0.4 is 85.3 Å². The van der Waals surface area contributed by atoms with Crippen LogP contribution >= 0.6 is 0 Å². The van der Waals surface area contributed by atoms with Gasteiger partial charge in [0, 0.05) is 102 Å². The predicted octanol–water partition coefficient (Wildman–Crippen LogP) is -5.81. The standard InChI is InChI=1S/C16H25N3O5.C14H21N3O5.C11H17N3O4.C10H15N3O4.C9H13N3O4/c1-17-14(20)18(8-4-2-6-12-10-23-12)16(22)19(15(17)21)9-5-3-7-13-11-24-13;1-15-12(18)16(6-2-4-10-8-21-10)14(20)17(13(15)19)7-3-5-11-9-22-11;1-12-9(15)13(2)11(17)14(10(12)16)6-4-3-5-8-7-18-8;1-11-8(14)12(2)10(16)13(9(11)15)5-3-4-7-6-17-7;1-10-7(13)11(2)9(15)12(8(10)14)4-3-6-5-16-6/h12-13H,2-11H2,1H3;10-11H,2-9H2,1H3;8H,3-7H2,1-2H3;7H,3-6H2,1-2H3;6H,3-5H2,1-2H3. The highest BCUT2D eigenvalue weighted by molar-refractivity contribution is 4.84. The first-order chi connectivity index (χ1) is 46.2. The molecular weight excluding hydrogens is 1280 g/mol. The van der Waals surface area contributed by atoms with Gasteiger partial charge in [-0.25, -0.2) is 140 Å². The molecule has 12 heterocycles.